The second-order valence-corrected chi connectivity index (χ2v) is 8.16. The van der Waals surface area contributed by atoms with Crippen LogP contribution in [0.2, 0.25) is 0 Å². The normalized spacial score (nSPS) is 10.8. The van der Waals surface area contributed by atoms with E-state index in [2.05, 4.69) is 40.9 Å². The minimum absolute atomic E-state index is 0.00181. The Kier molecular flexibility index (Phi) is 8.12. The molecule has 0 aliphatic rings. The molecule has 0 saturated carbocycles. The van der Waals surface area contributed by atoms with Crippen LogP contribution in [0, 0.1) is 0 Å². The fourth-order valence-electron chi connectivity index (χ4n) is 2.91. The first-order valence-corrected chi connectivity index (χ1v) is 10.1. The molecule has 0 aromatic heterocycles. The number of carbonyl (C=O) groups excluding carboxylic acids is 4. The molecule has 0 saturated heterocycles. The van der Waals surface area contributed by atoms with Gasteiger partial charge in [-0.05, 0) is 41.3 Å². The third-order valence-corrected chi connectivity index (χ3v) is 4.71. The molecule has 2 amide bonds. The van der Waals surface area contributed by atoms with Gasteiger partial charge in [0.25, 0.3) is 5.91 Å². The van der Waals surface area contributed by atoms with Crippen LogP contribution in [0.1, 0.15) is 63.8 Å². The summed E-state index contributed by atoms with van der Waals surface area (Å²) in [4.78, 5) is 48.3. The molecule has 0 spiro atoms. The third kappa shape index (κ3) is 6.66. The van der Waals surface area contributed by atoms with E-state index < -0.39 is 17.8 Å². The van der Waals surface area contributed by atoms with E-state index in [9.17, 15) is 19.2 Å². The Labute approximate surface area is 187 Å². The zero-order valence-electron chi connectivity index (χ0n) is 18.9. The van der Waals surface area contributed by atoms with Crippen molar-refractivity contribution in [1.29, 1.82) is 0 Å². The molecule has 2 rings (SSSR count). The van der Waals surface area contributed by atoms with Crippen molar-refractivity contribution >= 4 is 29.4 Å². The molecular weight excluding hydrogens is 412 g/mol. The molecule has 0 aliphatic heterocycles. The largest absolute Gasteiger partial charge is 0.465 e. The van der Waals surface area contributed by atoms with Crippen LogP contribution in [0.25, 0.3) is 0 Å². The quantitative estimate of drug-likeness (QED) is 0.639. The van der Waals surface area contributed by atoms with Gasteiger partial charge in [-0.3, -0.25) is 9.59 Å². The first-order valence-electron chi connectivity index (χ1n) is 10.1. The minimum Gasteiger partial charge on any atom is -0.465 e. The highest BCUT2D eigenvalue weighted by atomic mass is 16.5. The molecule has 2 aromatic rings. The standard InChI is InChI=1S/C24H28N2O6/c1-24(2,3)18-8-6-15(7-9-18)21(28)25-11-10-20(27)26-19-13-16(22(29)31-4)12-17(14-19)23(30)32-5/h6-9,12-14H,10-11H2,1-5H3,(H,25,28)(H,26,27). The second kappa shape index (κ2) is 10.6. The van der Waals surface area contributed by atoms with E-state index in [1.165, 1.54) is 32.4 Å². The van der Waals surface area contributed by atoms with Crippen molar-refractivity contribution in [3.8, 4) is 0 Å². The molecule has 0 atom stereocenters. The van der Waals surface area contributed by atoms with Gasteiger partial charge in [0.2, 0.25) is 5.91 Å². The number of amides is 2. The van der Waals surface area contributed by atoms with Crippen LogP contribution in [-0.2, 0) is 19.7 Å². The summed E-state index contributed by atoms with van der Waals surface area (Å²) < 4.78 is 9.35. The molecule has 2 N–H and O–H groups in total. The van der Waals surface area contributed by atoms with Crippen LogP contribution >= 0.6 is 0 Å². The van der Waals surface area contributed by atoms with Crippen molar-refractivity contribution in [2.45, 2.75) is 32.6 Å². The second-order valence-electron chi connectivity index (χ2n) is 8.16. The number of esters is 2. The number of hydrogen-bond donors (Lipinski definition) is 2. The smallest absolute Gasteiger partial charge is 0.337 e. The summed E-state index contributed by atoms with van der Waals surface area (Å²) >= 11 is 0. The molecule has 0 aliphatic carbocycles. The highest BCUT2D eigenvalue weighted by Crippen LogP contribution is 2.22. The monoisotopic (exact) mass is 440 g/mol. The Hall–Kier alpha value is -3.68. The molecule has 8 heteroatoms. The Morgan fingerprint density at radius 2 is 1.34 bits per heavy atom. The molecular formula is C24H28N2O6. The number of methoxy groups -OCH3 is 2. The third-order valence-electron chi connectivity index (χ3n) is 4.71. The maximum atomic E-state index is 12.3. The number of ether oxygens (including phenoxy) is 2. The predicted octanol–water partition coefficient (Wildman–Crippen LogP) is 3.32. The van der Waals surface area contributed by atoms with Gasteiger partial charge in [-0.15, -0.1) is 0 Å². The zero-order valence-corrected chi connectivity index (χ0v) is 18.9. The molecule has 0 unspecified atom stereocenters. The van der Waals surface area contributed by atoms with Crippen molar-refractivity contribution < 1.29 is 28.7 Å². The highest BCUT2D eigenvalue weighted by Gasteiger charge is 2.16. The molecule has 32 heavy (non-hydrogen) atoms. The summed E-state index contributed by atoms with van der Waals surface area (Å²) in [6.07, 6.45) is 0.00181. The Bertz CT molecular complexity index is 972. The molecule has 2 aromatic carbocycles. The van der Waals surface area contributed by atoms with Crippen LogP contribution in [-0.4, -0.2) is 44.5 Å². The van der Waals surface area contributed by atoms with Gasteiger partial charge in [-0.25, -0.2) is 9.59 Å². The van der Waals surface area contributed by atoms with Gasteiger partial charge in [-0.2, -0.15) is 0 Å². The average molecular weight is 440 g/mol. The molecule has 8 nitrogen and oxygen atoms in total. The van der Waals surface area contributed by atoms with Gasteiger partial charge in [0.15, 0.2) is 0 Å². The maximum Gasteiger partial charge on any atom is 0.337 e. The fourth-order valence-corrected chi connectivity index (χ4v) is 2.91. The summed E-state index contributed by atoms with van der Waals surface area (Å²) in [5.74, 6) is -1.99. The predicted molar refractivity (Wildman–Crippen MR) is 120 cm³/mol. The zero-order chi connectivity index (χ0) is 23.9. The Balaban J connectivity index is 1.97. The van der Waals surface area contributed by atoms with Crippen molar-refractivity contribution in [2.75, 3.05) is 26.1 Å². The lowest BCUT2D eigenvalue weighted by molar-refractivity contribution is -0.116. The van der Waals surface area contributed by atoms with Crippen molar-refractivity contribution in [1.82, 2.24) is 5.32 Å². The number of carbonyl (C=O) groups is 4. The lowest BCUT2D eigenvalue weighted by Crippen LogP contribution is -2.27. The molecule has 0 fully saturated rings. The molecule has 0 heterocycles. The summed E-state index contributed by atoms with van der Waals surface area (Å²) in [5.41, 5.74) is 2.05. The van der Waals surface area contributed by atoms with Crippen LogP contribution < -0.4 is 10.6 Å². The molecule has 170 valence electrons. The van der Waals surface area contributed by atoms with E-state index in [0.717, 1.165) is 5.56 Å². The minimum atomic E-state index is -0.656. The van der Waals surface area contributed by atoms with E-state index in [1.807, 2.05) is 12.1 Å². The lowest BCUT2D eigenvalue weighted by atomic mass is 9.87. The summed E-state index contributed by atoms with van der Waals surface area (Å²) in [6.45, 7) is 6.40. The SMILES string of the molecule is COC(=O)c1cc(NC(=O)CCNC(=O)c2ccc(C(C)(C)C)cc2)cc(C(=O)OC)c1. The van der Waals surface area contributed by atoms with Crippen LogP contribution in [0.15, 0.2) is 42.5 Å². The van der Waals surface area contributed by atoms with E-state index >= 15 is 0 Å². The van der Waals surface area contributed by atoms with Gasteiger partial charge in [0, 0.05) is 24.2 Å². The van der Waals surface area contributed by atoms with E-state index in [-0.39, 0.29) is 41.1 Å². The van der Waals surface area contributed by atoms with Crippen molar-refractivity contribution in [2.24, 2.45) is 0 Å². The van der Waals surface area contributed by atoms with Crippen LogP contribution in [0.4, 0.5) is 5.69 Å². The van der Waals surface area contributed by atoms with Gasteiger partial charge >= 0.3 is 11.9 Å². The van der Waals surface area contributed by atoms with E-state index in [4.69, 9.17) is 0 Å². The first kappa shape index (κ1) is 24.6. The van der Waals surface area contributed by atoms with Crippen molar-refractivity contribution in [3.63, 3.8) is 0 Å². The van der Waals surface area contributed by atoms with Crippen LogP contribution in [0.3, 0.4) is 0 Å². The van der Waals surface area contributed by atoms with E-state index in [1.54, 1.807) is 12.1 Å². The topological polar surface area (TPSA) is 111 Å². The Morgan fingerprint density at radius 1 is 0.812 bits per heavy atom. The number of benzene rings is 2. The number of anilines is 1. The fraction of sp³-hybridized carbons (Fsp3) is 0.333. The molecule has 0 radical (unpaired) electrons. The number of rotatable bonds is 7. The average Bonchev–Trinajstić information content (AvgIpc) is 2.77. The lowest BCUT2D eigenvalue weighted by Gasteiger charge is -2.19. The summed E-state index contributed by atoms with van der Waals surface area (Å²) in [5, 5.41) is 5.32. The number of nitrogens with one attached hydrogen (secondary N) is 2. The number of hydrogen-bond acceptors (Lipinski definition) is 6. The first-order chi connectivity index (χ1) is 15.0. The molecule has 0 bridgehead atoms. The highest BCUT2D eigenvalue weighted by molar-refractivity contribution is 5.99. The maximum absolute atomic E-state index is 12.3. The Morgan fingerprint density at radius 3 is 1.81 bits per heavy atom. The van der Waals surface area contributed by atoms with Gasteiger partial charge < -0.3 is 20.1 Å². The van der Waals surface area contributed by atoms with Gasteiger partial charge in [0.1, 0.15) is 0 Å². The van der Waals surface area contributed by atoms with Crippen molar-refractivity contribution in [3.05, 3.63) is 64.7 Å². The van der Waals surface area contributed by atoms with Crippen LogP contribution in [0.5, 0.6) is 0 Å². The van der Waals surface area contributed by atoms with Gasteiger partial charge in [-0.1, -0.05) is 32.9 Å². The van der Waals surface area contributed by atoms with E-state index in [0.29, 0.717) is 5.56 Å². The van der Waals surface area contributed by atoms with Gasteiger partial charge in [0.05, 0.1) is 25.3 Å². The summed E-state index contributed by atoms with van der Waals surface area (Å²) in [7, 11) is 2.43. The summed E-state index contributed by atoms with van der Waals surface area (Å²) in [6, 6.07) is 11.4.